The summed E-state index contributed by atoms with van der Waals surface area (Å²) in [6, 6.07) is 85.0. The van der Waals surface area contributed by atoms with E-state index < -0.39 is 0 Å². The Hall–Kier alpha value is -7.94. The fraction of sp³-hybridized carbons (Fsp3) is 0.0492. The summed E-state index contributed by atoms with van der Waals surface area (Å²) in [5.74, 6) is 0. The van der Waals surface area contributed by atoms with E-state index in [-0.39, 0.29) is 5.41 Å². The van der Waals surface area contributed by atoms with Gasteiger partial charge in [-0.1, -0.05) is 202 Å². The molecule has 0 N–H and O–H groups in total. The lowest BCUT2D eigenvalue weighted by atomic mass is 9.72. The number of para-hydroxylation sites is 1. The van der Waals surface area contributed by atoms with Crippen molar-refractivity contribution in [1.82, 2.24) is 0 Å². The van der Waals surface area contributed by atoms with Crippen LogP contribution in [0, 0.1) is 0 Å². The van der Waals surface area contributed by atoms with Crippen molar-refractivity contribution in [3.8, 4) is 22.3 Å². The quantitative estimate of drug-likeness (QED) is 0.155. The van der Waals surface area contributed by atoms with Crippen molar-refractivity contribution in [3.05, 3.63) is 242 Å². The number of hydrogen-bond acceptors (Lipinski definition) is 2. The molecule has 11 aromatic carbocycles. The normalized spacial score (nSPS) is 13.0. The van der Waals surface area contributed by atoms with Gasteiger partial charge in [0.2, 0.25) is 0 Å². The van der Waals surface area contributed by atoms with E-state index in [4.69, 9.17) is 0 Å². The Morgan fingerprint density at radius 2 is 0.952 bits per heavy atom. The number of rotatable bonds is 6. The smallest absolute Gasteiger partial charge is 0.0618 e. The number of benzene rings is 11. The number of hydrogen-bond donors (Lipinski definition) is 0. The molecule has 63 heavy (non-hydrogen) atoms. The molecule has 0 atom stereocenters. The van der Waals surface area contributed by atoms with Gasteiger partial charge in [0.1, 0.15) is 0 Å². The Kier molecular flexibility index (Phi) is 8.55. The van der Waals surface area contributed by atoms with Gasteiger partial charge in [0, 0.05) is 33.0 Å². The van der Waals surface area contributed by atoms with E-state index in [1.807, 2.05) is 0 Å². The minimum Gasteiger partial charge on any atom is -0.309 e. The fourth-order valence-corrected chi connectivity index (χ4v) is 10.4. The van der Waals surface area contributed by atoms with Gasteiger partial charge in [-0.2, -0.15) is 0 Å². The lowest BCUT2D eigenvalue weighted by molar-refractivity contribution is 0.632. The van der Waals surface area contributed by atoms with Gasteiger partial charge in [0.25, 0.3) is 0 Å². The molecule has 12 rings (SSSR count). The van der Waals surface area contributed by atoms with Gasteiger partial charge >= 0.3 is 0 Å². The van der Waals surface area contributed by atoms with Crippen LogP contribution in [0.1, 0.15) is 25.0 Å². The minimum absolute atomic E-state index is 0.387. The van der Waals surface area contributed by atoms with Crippen LogP contribution < -0.4 is 9.80 Å². The highest BCUT2D eigenvalue weighted by atomic mass is 15.2. The zero-order valence-electron chi connectivity index (χ0n) is 35.3. The molecule has 0 spiro atoms. The molecule has 2 heteroatoms. The van der Waals surface area contributed by atoms with Crippen molar-refractivity contribution in [3.63, 3.8) is 0 Å². The molecule has 1 aliphatic rings. The van der Waals surface area contributed by atoms with Crippen LogP contribution in [0.5, 0.6) is 0 Å². The molecular weight excluding hydrogens is 761 g/mol. The Morgan fingerprint density at radius 3 is 1.76 bits per heavy atom. The SMILES string of the molecule is CC1(C)c2ccccc2N(c2c(-c3ccc4ccccc4c3)ccc3ccccc23)c2cccc(N(c3ccc(-c4ccccc4)cc3)c3cc4ccccc4c4ccccc34)c21. The Bertz CT molecular complexity index is 3550. The summed E-state index contributed by atoms with van der Waals surface area (Å²) in [6.45, 7) is 4.82. The standard InChI is InChI=1S/C61H44N2/c1-61(2)54-27-14-15-28-55(54)63(60-50-24-11-8-20-44(50)35-38-51(60)47-32-31-42-19-6-7-21-45(42)39-47)57-30-16-29-56(59(57)61)62(48-36-33-43(34-37-48)41-17-4-3-5-18-41)58-40-46-22-9-10-23-49(46)52-25-12-13-26-53(52)58/h3-40H,1-2H3. The summed E-state index contributed by atoms with van der Waals surface area (Å²) in [4.78, 5) is 5.10. The van der Waals surface area contributed by atoms with Crippen molar-refractivity contribution >= 4 is 77.2 Å². The van der Waals surface area contributed by atoms with Gasteiger partial charge in [-0.25, -0.2) is 0 Å². The lowest BCUT2D eigenvalue weighted by Crippen LogP contribution is -2.32. The zero-order chi connectivity index (χ0) is 42.1. The molecule has 298 valence electrons. The van der Waals surface area contributed by atoms with E-state index in [0.717, 1.165) is 17.1 Å². The topological polar surface area (TPSA) is 6.48 Å². The second-order valence-electron chi connectivity index (χ2n) is 17.3. The van der Waals surface area contributed by atoms with Crippen LogP contribution in [0.15, 0.2) is 231 Å². The number of fused-ring (bicyclic) bond motifs is 7. The van der Waals surface area contributed by atoms with Gasteiger partial charge in [-0.05, 0) is 97.0 Å². The Labute approximate surface area is 368 Å². The van der Waals surface area contributed by atoms with Crippen LogP contribution >= 0.6 is 0 Å². The van der Waals surface area contributed by atoms with E-state index in [2.05, 4.69) is 254 Å². The largest absolute Gasteiger partial charge is 0.309 e. The summed E-state index contributed by atoms with van der Waals surface area (Å²) in [5.41, 5.74) is 13.9. The molecule has 0 aliphatic carbocycles. The number of nitrogens with zero attached hydrogens (tertiary/aromatic N) is 2. The molecule has 0 amide bonds. The molecule has 1 heterocycles. The number of anilines is 6. The van der Waals surface area contributed by atoms with E-state index in [0.29, 0.717) is 0 Å². The Balaban J connectivity index is 1.17. The third-order valence-corrected chi connectivity index (χ3v) is 13.3. The highest BCUT2D eigenvalue weighted by molar-refractivity contribution is 6.15. The maximum Gasteiger partial charge on any atom is 0.0618 e. The molecule has 0 saturated heterocycles. The van der Waals surface area contributed by atoms with Crippen molar-refractivity contribution < 1.29 is 0 Å². The van der Waals surface area contributed by atoms with Crippen LogP contribution in [0.4, 0.5) is 34.1 Å². The van der Waals surface area contributed by atoms with Crippen LogP contribution in [0.25, 0.3) is 65.3 Å². The third kappa shape index (κ3) is 5.94. The van der Waals surface area contributed by atoms with Gasteiger partial charge in [-0.15, -0.1) is 0 Å². The molecule has 11 aromatic rings. The van der Waals surface area contributed by atoms with E-state index >= 15 is 0 Å². The predicted molar refractivity (Wildman–Crippen MR) is 269 cm³/mol. The predicted octanol–water partition coefficient (Wildman–Crippen LogP) is 17.2. The van der Waals surface area contributed by atoms with Gasteiger partial charge in [-0.3, -0.25) is 0 Å². The Morgan fingerprint density at radius 1 is 0.365 bits per heavy atom. The van der Waals surface area contributed by atoms with Crippen LogP contribution in [-0.4, -0.2) is 0 Å². The second kappa shape index (κ2) is 14.6. The van der Waals surface area contributed by atoms with Crippen LogP contribution in [0.3, 0.4) is 0 Å². The van der Waals surface area contributed by atoms with Crippen molar-refractivity contribution in [2.75, 3.05) is 9.80 Å². The van der Waals surface area contributed by atoms with Crippen molar-refractivity contribution in [1.29, 1.82) is 0 Å². The lowest BCUT2D eigenvalue weighted by Gasteiger charge is -2.45. The second-order valence-corrected chi connectivity index (χ2v) is 17.3. The first-order valence-corrected chi connectivity index (χ1v) is 21.9. The van der Waals surface area contributed by atoms with E-state index in [1.54, 1.807) is 0 Å². The first-order chi connectivity index (χ1) is 31.0. The zero-order valence-corrected chi connectivity index (χ0v) is 35.3. The monoisotopic (exact) mass is 804 g/mol. The first-order valence-electron chi connectivity index (χ1n) is 21.9. The van der Waals surface area contributed by atoms with E-state index in [1.165, 1.54) is 93.5 Å². The molecule has 0 bridgehead atoms. The third-order valence-electron chi connectivity index (χ3n) is 13.3. The van der Waals surface area contributed by atoms with Crippen molar-refractivity contribution in [2.24, 2.45) is 0 Å². The van der Waals surface area contributed by atoms with Gasteiger partial charge in [0.15, 0.2) is 0 Å². The average molecular weight is 805 g/mol. The summed E-state index contributed by atoms with van der Waals surface area (Å²) in [5, 5.41) is 9.80. The molecule has 1 aliphatic heterocycles. The molecular formula is C61H44N2. The maximum absolute atomic E-state index is 2.57. The summed E-state index contributed by atoms with van der Waals surface area (Å²) < 4.78 is 0. The average Bonchev–Trinajstić information content (AvgIpc) is 3.34. The first kappa shape index (κ1) is 36.9. The minimum atomic E-state index is -0.387. The van der Waals surface area contributed by atoms with Crippen LogP contribution in [0.2, 0.25) is 0 Å². The molecule has 0 aromatic heterocycles. The molecule has 0 fully saturated rings. The molecule has 2 nitrogen and oxygen atoms in total. The summed E-state index contributed by atoms with van der Waals surface area (Å²) in [7, 11) is 0. The molecule has 0 unspecified atom stereocenters. The van der Waals surface area contributed by atoms with Crippen molar-refractivity contribution in [2.45, 2.75) is 19.3 Å². The summed E-state index contributed by atoms with van der Waals surface area (Å²) >= 11 is 0. The molecule has 0 saturated carbocycles. The fourth-order valence-electron chi connectivity index (χ4n) is 10.4. The van der Waals surface area contributed by atoms with Gasteiger partial charge in [0.05, 0.1) is 28.4 Å². The molecule has 0 radical (unpaired) electrons. The maximum atomic E-state index is 2.57. The van der Waals surface area contributed by atoms with Gasteiger partial charge < -0.3 is 9.80 Å². The van der Waals surface area contributed by atoms with E-state index in [9.17, 15) is 0 Å². The van der Waals surface area contributed by atoms with Crippen LogP contribution in [-0.2, 0) is 5.41 Å². The highest BCUT2D eigenvalue weighted by Crippen LogP contribution is 2.59. The highest BCUT2D eigenvalue weighted by Gasteiger charge is 2.41. The summed E-state index contributed by atoms with van der Waals surface area (Å²) in [6.07, 6.45) is 0.